The topological polar surface area (TPSA) is 40.5 Å². The zero-order valence-corrected chi connectivity index (χ0v) is 9.41. The summed E-state index contributed by atoms with van der Waals surface area (Å²) in [5.41, 5.74) is -0.0457. The second-order valence-corrected chi connectivity index (χ2v) is 4.74. The van der Waals surface area contributed by atoms with Crippen LogP contribution in [0.25, 0.3) is 0 Å². The van der Waals surface area contributed by atoms with E-state index in [-0.39, 0.29) is 5.56 Å². The standard InChI is InChI=1S/C13H17FO2/c1-9-4-5-11(14)10(8-9)12(15)13(16)6-2-3-7-13/h4-5,8,12,15-16H,2-3,6-7H2,1H3. The fourth-order valence-corrected chi connectivity index (χ4v) is 2.42. The summed E-state index contributed by atoms with van der Waals surface area (Å²) in [4.78, 5) is 0. The Morgan fingerprint density at radius 3 is 2.56 bits per heavy atom. The van der Waals surface area contributed by atoms with E-state index in [0.717, 1.165) is 18.4 Å². The van der Waals surface area contributed by atoms with Gasteiger partial charge in [0.15, 0.2) is 0 Å². The van der Waals surface area contributed by atoms with E-state index >= 15 is 0 Å². The summed E-state index contributed by atoms with van der Waals surface area (Å²) >= 11 is 0. The number of halogens is 1. The van der Waals surface area contributed by atoms with Gasteiger partial charge in [0.05, 0.1) is 5.60 Å². The van der Waals surface area contributed by atoms with Crippen LogP contribution in [0.4, 0.5) is 4.39 Å². The van der Waals surface area contributed by atoms with Crippen molar-refractivity contribution < 1.29 is 14.6 Å². The molecule has 0 aliphatic heterocycles. The van der Waals surface area contributed by atoms with E-state index in [2.05, 4.69) is 0 Å². The molecule has 2 N–H and O–H groups in total. The molecule has 1 aromatic carbocycles. The summed E-state index contributed by atoms with van der Waals surface area (Å²) in [5, 5.41) is 20.3. The molecule has 2 nitrogen and oxygen atoms in total. The molecule has 1 atom stereocenters. The molecular formula is C13H17FO2. The highest BCUT2D eigenvalue weighted by Crippen LogP contribution is 2.40. The lowest BCUT2D eigenvalue weighted by molar-refractivity contribution is -0.0733. The molecule has 2 rings (SSSR count). The van der Waals surface area contributed by atoms with Crippen molar-refractivity contribution in [2.75, 3.05) is 0 Å². The van der Waals surface area contributed by atoms with Crippen LogP contribution >= 0.6 is 0 Å². The number of aliphatic hydroxyl groups is 2. The number of rotatable bonds is 2. The summed E-state index contributed by atoms with van der Waals surface area (Å²) in [6.45, 7) is 1.84. The third kappa shape index (κ3) is 1.97. The van der Waals surface area contributed by atoms with Gasteiger partial charge in [0.1, 0.15) is 11.9 Å². The average molecular weight is 224 g/mol. The molecule has 1 unspecified atom stereocenters. The lowest BCUT2D eigenvalue weighted by atomic mass is 9.89. The number of hydrogen-bond donors (Lipinski definition) is 2. The first-order valence-electron chi connectivity index (χ1n) is 5.69. The molecule has 1 fully saturated rings. The molecule has 0 heterocycles. The second kappa shape index (κ2) is 4.15. The SMILES string of the molecule is Cc1ccc(F)c(C(O)C2(O)CCCC2)c1. The Hall–Kier alpha value is -0.930. The van der Waals surface area contributed by atoms with Gasteiger partial charge in [-0.2, -0.15) is 0 Å². The van der Waals surface area contributed by atoms with Gasteiger partial charge in [0, 0.05) is 5.56 Å². The lowest BCUT2D eigenvalue weighted by Crippen LogP contribution is -2.33. The smallest absolute Gasteiger partial charge is 0.129 e. The minimum atomic E-state index is -1.14. The van der Waals surface area contributed by atoms with Crippen LogP contribution in [0.15, 0.2) is 18.2 Å². The Kier molecular flexibility index (Phi) is 3.00. The van der Waals surface area contributed by atoms with Crippen LogP contribution in [0.1, 0.15) is 42.9 Å². The van der Waals surface area contributed by atoms with Crippen LogP contribution in [0, 0.1) is 12.7 Å². The van der Waals surface area contributed by atoms with Crippen LogP contribution in [0.5, 0.6) is 0 Å². The fraction of sp³-hybridized carbons (Fsp3) is 0.538. The fourth-order valence-electron chi connectivity index (χ4n) is 2.42. The minimum absolute atomic E-state index is 0.212. The minimum Gasteiger partial charge on any atom is -0.387 e. The van der Waals surface area contributed by atoms with Crippen LogP contribution < -0.4 is 0 Å². The molecule has 1 aliphatic carbocycles. The Labute approximate surface area is 94.7 Å². The summed E-state index contributed by atoms with van der Waals surface area (Å²) < 4.78 is 13.6. The summed E-state index contributed by atoms with van der Waals surface area (Å²) in [5.74, 6) is -0.446. The highest BCUT2D eigenvalue weighted by molar-refractivity contribution is 5.28. The third-order valence-corrected chi connectivity index (χ3v) is 3.42. The predicted octanol–water partition coefficient (Wildman–Crippen LogP) is 2.47. The van der Waals surface area contributed by atoms with Crippen LogP contribution in [-0.4, -0.2) is 15.8 Å². The zero-order valence-electron chi connectivity index (χ0n) is 9.41. The van der Waals surface area contributed by atoms with Crippen LogP contribution in [0.3, 0.4) is 0 Å². The van der Waals surface area contributed by atoms with Crippen molar-refractivity contribution in [3.8, 4) is 0 Å². The quantitative estimate of drug-likeness (QED) is 0.810. The zero-order chi connectivity index (χ0) is 11.8. The first-order valence-corrected chi connectivity index (χ1v) is 5.69. The van der Waals surface area contributed by atoms with E-state index < -0.39 is 17.5 Å². The van der Waals surface area contributed by atoms with Gasteiger partial charge in [0.2, 0.25) is 0 Å². The van der Waals surface area contributed by atoms with Crippen LogP contribution in [-0.2, 0) is 0 Å². The van der Waals surface area contributed by atoms with Gasteiger partial charge in [0.25, 0.3) is 0 Å². The van der Waals surface area contributed by atoms with E-state index in [4.69, 9.17) is 0 Å². The maximum atomic E-state index is 13.6. The van der Waals surface area contributed by atoms with E-state index in [0.29, 0.717) is 12.8 Å². The number of aryl methyl sites for hydroxylation is 1. The van der Waals surface area contributed by atoms with Gasteiger partial charge in [-0.1, -0.05) is 30.5 Å². The predicted molar refractivity (Wildman–Crippen MR) is 59.5 cm³/mol. The van der Waals surface area contributed by atoms with E-state index in [1.165, 1.54) is 6.07 Å². The summed E-state index contributed by atoms with van der Waals surface area (Å²) in [7, 11) is 0. The van der Waals surface area contributed by atoms with Gasteiger partial charge >= 0.3 is 0 Å². The van der Waals surface area contributed by atoms with Gasteiger partial charge in [-0.15, -0.1) is 0 Å². The lowest BCUT2D eigenvalue weighted by Gasteiger charge is -2.29. The molecule has 0 spiro atoms. The Bertz CT molecular complexity index is 384. The summed E-state index contributed by atoms with van der Waals surface area (Å²) in [6.07, 6.45) is 1.75. The van der Waals surface area contributed by atoms with E-state index in [1.807, 2.05) is 6.92 Å². The molecule has 1 saturated carbocycles. The number of hydrogen-bond acceptors (Lipinski definition) is 2. The maximum Gasteiger partial charge on any atom is 0.129 e. The van der Waals surface area contributed by atoms with E-state index in [1.54, 1.807) is 12.1 Å². The van der Waals surface area contributed by atoms with Crippen LogP contribution in [0.2, 0.25) is 0 Å². The largest absolute Gasteiger partial charge is 0.387 e. The van der Waals surface area contributed by atoms with E-state index in [9.17, 15) is 14.6 Å². The second-order valence-electron chi connectivity index (χ2n) is 4.74. The third-order valence-electron chi connectivity index (χ3n) is 3.42. The highest BCUT2D eigenvalue weighted by atomic mass is 19.1. The normalized spacial score (nSPS) is 21.0. The highest BCUT2D eigenvalue weighted by Gasteiger charge is 2.40. The molecule has 1 aromatic rings. The molecular weight excluding hydrogens is 207 g/mol. The molecule has 16 heavy (non-hydrogen) atoms. The Morgan fingerprint density at radius 2 is 1.94 bits per heavy atom. The Balaban J connectivity index is 2.32. The number of benzene rings is 1. The molecule has 0 amide bonds. The van der Waals surface area contributed by atoms with Gasteiger partial charge < -0.3 is 10.2 Å². The monoisotopic (exact) mass is 224 g/mol. The molecule has 3 heteroatoms. The Morgan fingerprint density at radius 1 is 1.31 bits per heavy atom. The van der Waals surface area contributed by atoms with Gasteiger partial charge in [-0.05, 0) is 25.8 Å². The van der Waals surface area contributed by atoms with Crippen molar-refractivity contribution >= 4 is 0 Å². The summed E-state index contributed by atoms with van der Waals surface area (Å²) in [6, 6.07) is 4.60. The number of aliphatic hydroxyl groups excluding tert-OH is 1. The van der Waals surface area contributed by atoms with Gasteiger partial charge in [-0.25, -0.2) is 4.39 Å². The van der Waals surface area contributed by atoms with Crippen molar-refractivity contribution in [3.05, 3.63) is 35.1 Å². The van der Waals surface area contributed by atoms with Gasteiger partial charge in [-0.3, -0.25) is 0 Å². The van der Waals surface area contributed by atoms with Crippen molar-refractivity contribution in [3.63, 3.8) is 0 Å². The molecule has 0 radical (unpaired) electrons. The van der Waals surface area contributed by atoms with Crippen molar-refractivity contribution in [1.82, 2.24) is 0 Å². The van der Waals surface area contributed by atoms with Crippen molar-refractivity contribution in [2.24, 2.45) is 0 Å². The van der Waals surface area contributed by atoms with Crippen molar-refractivity contribution in [1.29, 1.82) is 0 Å². The molecule has 0 bridgehead atoms. The maximum absolute atomic E-state index is 13.6. The first-order chi connectivity index (χ1) is 7.53. The molecule has 0 saturated heterocycles. The molecule has 1 aliphatic rings. The molecule has 0 aromatic heterocycles. The average Bonchev–Trinajstić information content (AvgIpc) is 2.69. The molecule has 88 valence electrons. The first kappa shape index (κ1) is 11.6. The van der Waals surface area contributed by atoms with Crippen molar-refractivity contribution in [2.45, 2.75) is 44.3 Å².